The zero-order valence-corrected chi connectivity index (χ0v) is 42.6. The number of phenols is 1. The van der Waals surface area contributed by atoms with Gasteiger partial charge in [0.1, 0.15) is 60.2 Å². The molecule has 3 saturated heterocycles. The van der Waals surface area contributed by atoms with Crippen molar-refractivity contribution in [3.05, 3.63) is 65.7 Å². The quantitative estimate of drug-likeness (QED) is 0.188. The van der Waals surface area contributed by atoms with Crippen LogP contribution in [0.15, 0.2) is 54.6 Å². The number of phenolic OH excluding ortho intramolecular Hbond substituents is 1. The molecule has 388 valence electrons. The molecule has 0 unspecified atom stereocenters. The number of carbonyl (C=O) groups excluding carboxylic acids is 9. The number of rotatable bonds is 10. The van der Waals surface area contributed by atoms with E-state index in [-0.39, 0.29) is 69.2 Å². The van der Waals surface area contributed by atoms with Crippen LogP contribution < -0.4 is 26.6 Å². The Morgan fingerprint density at radius 2 is 1.20 bits per heavy atom. The number of ether oxygens (including phenoxy) is 1. The molecule has 3 fully saturated rings. The maximum absolute atomic E-state index is 14.9. The molecule has 3 heterocycles. The van der Waals surface area contributed by atoms with Crippen molar-refractivity contribution < 1.29 is 53.0 Å². The molecular weight excluding hydrogens is 913 g/mol. The molecule has 0 spiro atoms. The van der Waals surface area contributed by atoms with Gasteiger partial charge in [-0.2, -0.15) is 0 Å². The largest absolute Gasteiger partial charge is 0.508 e. The summed E-state index contributed by atoms with van der Waals surface area (Å²) in [7, 11) is 1.46. The number of amides is 8. The minimum atomic E-state index is -1.52. The molecule has 6 N–H and O–H groups in total. The summed E-state index contributed by atoms with van der Waals surface area (Å²) in [6.45, 7) is 13.9. The number of aromatic hydroxyl groups is 1. The van der Waals surface area contributed by atoms with Crippen molar-refractivity contribution in [2.24, 2.45) is 17.8 Å². The van der Waals surface area contributed by atoms with Crippen LogP contribution in [-0.4, -0.2) is 148 Å². The van der Waals surface area contributed by atoms with Gasteiger partial charge in [-0.1, -0.05) is 84.0 Å². The SMILES string of the molecule is CC(=O)N[C@@H]1C(=O)N[C@@H](Cc2ccccc2)C(=O)N[C@H](CC(C)C)C(=O)N[C@@H](C(C)C)C(=O)N2CCC[C@@H]2C(=O)N[C@@H](CC(C)C)C(=O)N(C)[C@H](Cc2ccc(O)cc2)C(=O)N2CCC[C@H]2C(=O)O[C@@H]1C. The van der Waals surface area contributed by atoms with Crippen molar-refractivity contribution in [1.29, 1.82) is 0 Å². The Morgan fingerprint density at radius 1 is 0.662 bits per heavy atom. The topological polar surface area (TPSA) is 253 Å². The molecule has 2 aromatic carbocycles. The fourth-order valence-electron chi connectivity index (χ4n) is 9.56. The van der Waals surface area contributed by atoms with Crippen LogP contribution in [0, 0.1) is 17.8 Å². The van der Waals surface area contributed by atoms with Crippen LogP contribution >= 0.6 is 0 Å². The van der Waals surface area contributed by atoms with Crippen molar-refractivity contribution in [3.63, 3.8) is 0 Å². The fourth-order valence-corrected chi connectivity index (χ4v) is 9.56. The molecule has 0 bridgehead atoms. The third kappa shape index (κ3) is 14.8. The minimum Gasteiger partial charge on any atom is -0.508 e. The van der Waals surface area contributed by atoms with Gasteiger partial charge in [0.2, 0.25) is 47.3 Å². The van der Waals surface area contributed by atoms with Gasteiger partial charge in [-0.15, -0.1) is 0 Å². The minimum absolute atomic E-state index is 0.0111. The second-order valence-corrected chi connectivity index (χ2v) is 20.4. The van der Waals surface area contributed by atoms with Gasteiger partial charge in [0.25, 0.3) is 0 Å². The number of benzene rings is 2. The Bertz CT molecular complexity index is 2240. The van der Waals surface area contributed by atoms with E-state index < -0.39 is 114 Å². The number of carbonyl (C=O) groups is 9. The van der Waals surface area contributed by atoms with Crippen LogP contribution in [0.5, 0.6) is 5.75 Å². The van der Waals surface area contributed by atoms with Crippen LogP contribution in [0.4, 0.5) is 0 Å². The van der Waals surface area contributed by atoms with E-state index in [0.717, 1.165) is 0 Å². The first-order chi connectivity index (χ1) is 33.6. The predicted molar refractivity (Wildman–Crippen MR) is 263 cm³/mol. The van der Waals surface area contributed by atoms with E-state index >= 15 is 0 Å². The van der Waals surface area contributed by atoms with Crippen molar-refractivity contribution in [2.75, 3.05) is 20.1 Å². The Labute approximate surface area is 416 Å². The number of likely N-dealkylation sites (N-methyl/N-ethyl adjacent to an activating group) is 1. The Balaban J connectivity index is 1.60. The molecule has 19 heteroatoms. The van der Waals surface area contributed by atoms with Crippen molar-refractivity contribution in [1.82, 2.24) is 41.3 Å². The van der Waals surface area contributed by atoms with E-state index in [4.69, 9.17) is 4.74 Å². The van der Waals surface area contributed by atoms with Crippen LogP contribution in [0.2, 0.25) is 0 Å². The molecule has 5 rings (SSSR count). The molecule has 3 aliphatic heterocycles. The molecule has 0 saturated carbocycles. The van der Waals surface area contributed by atoms with Crippen molar-refractivity contribution in [2.45, 2.75) is 161 Å². The number of cyclic esters (lactones) is 1. The lowest BCUT2D eigenvalue weighted by molar-refractivity contribution is -0.161. The molecule has 0 aliphatic carbocycles. The van der Waals surface area contributed by atoms with Gasteiger partial charge < -0.3 is 51.1 Å². The Morgan fingerprint density at radius 3 is 1.79 bits per heavy atom. The average molecular weight is 987 g/mol. The van der Waals surface area contributed by atoms with Gasteiger partial charge in [-0.05, 0) is 86.5 Å². The first-order valence-corrected chi connectivity index (χ1v) is 24.9. The summed E-state index contributed by atoms with van der Waals surface area (Å²) in [6, 6.07) is 5.30. The maximum atomic E-state index is 14.9. The number of hydrogen-bond donors (Lipinski definition) is 6. The Kier molecular flexibility index (Phi) is 19.5. The van der Waals surface area contributed by atoms with E-state index in [1.807, 2.05) is 27.7 Å². The summed E-state index contributed by atoms with van der Waals surface area (Å²) in [6.07, 6.45) is 0.239. The fraction of sp³-hybridized carbons (Fsp3) is 0.596. The van der Waals surface area contributed by atoms with Gasteiger partial charge in [-0.25, -0.2) is 4.79 Å². The molecule has 8 amide bonds. The highest BCUT2D eigenvalue weighted by molar-refractivity contribution is 5.98. The van der Waals surface area contributed by atoms with Crippen LogP contribution in [-0.2, 0) is 60.7 Å². The summed E-state index contributed by atoms with van der Waals surface area (Å²) in [5.41, 5.74) is 1.25. The molecule has 0 radical (unpaired) electrons. The maximum Gasteiger partial charge on any atom is 0.329 e. The third-order valence-corrected chi connectivity index (χ3v) is 13.3. The molecular formula is C52H74N8O11. The van der Waals surface area contributed by atoms with Gasteiger partial charge in [0.15, 0.2) is 0 Å². The zero-order chi connectivity index (χ0) is 52.3. The van der Waals surface area contributed by atoms with Crippen LogP contribution in [0.25, 0.3) is 0 Å². The smallest absolute Gasteiger partial charge is 0.329 e. The molecule has 2 aromatic rings. The zero-order valence-electron chi connectivity index (χ0n) is 42.6. The van der Waals surface area contributed by atoms with Crippen molar-refractivity contribution in [3.8, 4) is 5.75 Å². The van der Waals surface area contributed by atoms with E-state index in [9.17, 15) is 48.3 Å². The molecule has 0 aromatic heterocycles. The summed E-state index contributed by atoms with van der Waals surface area (Å²) in [4.78, 5) is 133. The second-order valence-electron chi connectivity index (χ2n) is 20.4. The monoisotopic (exact) mass is 987 g/mol. The first-order valence-electron chi connectivity index (χ1n) is 24.9. The molecule has 3 aliphatic rings. The lowest BCUT2D eigenvalue weighted by atomic mass is 9.98. The summed E-state index contributed by atoms with van der Waals surface area (Å²) in [5.74, 6) is -6.75. The number of nitrogens with one attached hydrogen (secondary N) is 5. The number of nitrogens with zero attached hydrogens (tertiary/aromatic N) is 3. The van der Waals surface area contributed by atoms with Crippen LogP contribution in [0.3, 0.4) is 0 Å². The molecule has 9 atom stereocenters. The predicted octanol–water partition coefficient (Wildman–Crippen LogP) is 2.12. The number of hydrogen-bond acceptors (Lipinski definition) is 11. The highest BCUT2D eigenvalue weighted by Crippen LogP contribution is 2.26. The standard InChI is InChI=1S/C52H74N8O11/c1-29(2)25-37-46(64)57-43(31(5)6)51(69)59-23-13-17-40(59)47(65)56-39(26-30(3)4)49(67)58(9)42(28-35-19-21-36(62)22-20-35)50(68)60-24-14-18-41(60)52(70)71-32(7)44(53-33(8)61)48(66)55-38(45(63)54-37)27-34-15-11-10-12-16-34/h10-12,15-16,19-22,29-32,37-44,62H,13-14,17-18,23-28H2,1-9H3,(H,53,61)(H,54,63)(H,55,66)(H,56,65)(H,57,64)/t32-,37-,38+,39+,40-,41+,42-,43+,44+/m1/s1. The van der Waals surface area contributed by atoms with Crippen molar-refractivity contribution >= 4 is 53.2 Å². The second kappa shape index (κ2) is 25.0. The van der Waals surface area contributed by atoms with Crippen LogP contribution in [0.1, 0.15) is 105 Å². The highest BCUT2D eigenvalue weighted by atomic mass is 16.5. The lowest BCUT2D eigenvalue weighted by Crippen LogP contribution is -2.61. The molecule has 71 heavy (non-hydrogen) atoms. The normalized spacial score (nSPS) is 27.0. The van der Waals surface area contributed by atoms with E-state index in [2.05, 4.69) is 26.6 Å². The van der Waals surface area contributed by atoms with E-state index in [0.29, 0.717) is 24.0 Å². The van der Waals surface area contributed by atoms with E-state index in [1.165, 1.54) is 47.7 Å². The van der Waals surface area contributed by atoms with Gasteiger partial charge in [0.05, 0.1) is 0 Å². The van der Waals surface area contributed by atoms with Gasteiger partial charge in [0, 0.05) is 39.9 Å². The summed E-state index contributed by atoms with van der Waals surface area (Å²) < 4.78 is 5.91. The van der Waals surface area contributed by atoms with E-state index in [1.54, 1.807) is 56.3 Å². The average Bonchev–Trinajstić information content (AvgIpc) is 4.02. The highest BCUT2D eigenvalue weighted by Gasteiger charge is 2.45. The Hall–Kier alpha value is -6.53. The molecule has 19 nitrogen and oxygen atoms in total. The van der Waals surface area contributed by atoms with Gasteiger partial charge >= 0.3 is 5.97 Å². The number of fused-ring (bicyclic) bond motifs is 2. The third-order valence-electron chi connectivity index (χ3n) is 13.3. The summed E-state index contributed by atoms with van der Waals surface area (Å²) >= 11 is 0. The lowest BCUT2D eigenvalue weighted by Gasteiger charge is -2.36. The van der Waals surface area contributed by atoms with Gasteiger partial charge in [-0.3, -0.25) is 38.4 Å². The number of esters is 1. The first kappa shape index (κ1) is 55.4. The summed E-state index contributed by atoms with van der Waals surface area (Å²) in [5, 5.41) is 23.9.